The Balaban J connectivity index is 2.30. The molecule has 1 nitrogen and oxygen atoms in total. The number of rotatable bonds is 1. The first-order chi connectivity index (χ1) is 4.20. The first-order valence-electron chi connectivity index (χ1n) is 3.93. The highest BCUT2D eigenvalue weighted by Gasteiger charge is 2.22. The third kappa shape index (κ3) is 1.68. The Hall–Kier alpha value is -0.0400. The van der Waals surface area contributed by atoms with Gasteiger partial charge in [-0.2, -0.15) is 0 Å². The zero-order chi connectivity index (χ0) is 6.85. The van der Waals surface area contributed by atoms with E-state index in [0.29, 0.717) is 0 Å². The van der Waals surface area contributed by atoms with E-state index >= 15 is 0 Å². The summed E-state index contributed by atoms with van der Waals surface area (Å²) < 4.78 is 0. The Bertz CT molecular complexity index is 88.6. The minimum atomic E-state index is 0.761. The third-order valence-electron chi connectivity index (χ3n) is 2.33. The molecule has 1 rings (SSSR count). The minimum absolute atomic E-state index is 0.761. The van der Waals surface area contributed by atoms with Crippen LogP contribution in [0.1, 0.15) is 27.2 Å². The number of nitrogens with one attached hydrogen (secondary N) is 1. The van der Waals surface area contributed by atoms with Crippen molar-refractivity contribution in [1.82, 2.24) is 5.32 Å². The molecule has 0 aliphatic carbocycles. The SMILES string of the molecule is CC(C)C1CN[C@H](C)C1. The van der Waals surface area contributed by atoms with Crippen molar-refractivity contribution >= 4 is 0 Å². The summed E-state index contributed by atoms with van der Waals surface area (Å²) in [6.45, 7) is 8.12. The Kier molecular flexibility index (Phi) is 2.12. The van der Waals surface area contributed by atoms with E-state index in [0.717, 1.165) is 17.9 Å². The van der Waals surface area contributed by atoms with Crippen LogP contribution in [0.3, 0.4) is 0 Å². The van der Waals surface area contributed by atoms with E-state index in [-0.39, 0.29) is 0 Å². The van der Waals surface area contributed by atoms with Crippen LogP contribution in [0.2, 0.25) is 0 Å². The van der Waals surface area contributed by atoms with Crippen LogP contribution >= 0.6 is 0 Å². The van der Waals surface area contributed by atoms with Gasteiger partial charge in [0.25, 0.3) is 0 Å². The standard InChI is InChI=1S/C8H17N/c1-6(2)8-4-7(3)9-5-8/h6-9H,4-5H2,1-3H3/t7-,8?/m1/s1. The van der Waals surface area contributed by atoms with Crippen molar-refractivity contribution in [2.24, 2.45) is 11.8 Å². The van der Waals surface area contributed by atoms with Gasteiger partial charge < -0.3 is 5.32 Å². The van der Waals surface area contributed by atoms with Crippen LogP contribution in [0.15, 0.2) is 0 Å². The molecule has 0 spiro atoms. The molecule has 0 aromatic carbocycles. The van der Waals surface area contributed by atoms with E-state index in [9.17, 15) is 0 Å². The molecular weight excluding hydrogens is 110 g/mol. The highest BCUT2D eigenvalue weighted by Crippen LogP contribution is 2.20. The summed E-state index contributed by atoms with van der Waals surface area (Å²) in [5, 5.41) is 3.45. The van der Waals surface area contributed by atoms with Gasteiger partial charge >= 0.3 is 0 Å². The van der Waals surface area contributed by atoms with Gasteiger partial charge in [-0.1, -0.05) is 13.8 Å². The summed E-state index contributed by atoms with van der Waals surface area (Å²) in [6.07, 6.45) is 1.37. The van der Waals surface area contributed by atoms with Crippen LogP contribution in [-0.4, -0.2) is 12.6 Å². The Morgan fingerprint density at radius 2 is 2.11 bits per heavy atom. The predicted octanol–water partition coefficient (Wildman–Crippen LogP) is 1.64. The second-order valence-electron chi connectivity index (χ2n) is 3.55. The molecule has 0 amide bonds. The maximum atomic E-state index is 3.45. The van der Waals surface area contributed by atoms with Crippen molar-refractivity contribution in [3.63, 3.8) is 0 Å². The van der Waals surface area contributed by atoms with Crippen molar-refractivity contribution in [2.75, 3.05) is 6.54 Å². The van der Waals surface area contributed by atoms with E-state index in [1.54, 1.807) is 0 Å². The van der Waals surface area contributed by atoms with Gasteiger partial charge in [0, 0.05) is 6.04 Å². The minimum Gasteiger partial charge on any atom is -0.314 e. The smallest absolute Gasteiger partial charge is 0.00420 e. The van der Waals surface area contributed by atoms with Crippen LogP contribution in [0.25, 0.3) is 0 Å². The van der Waals surface area contributed by atoms with Crippen molar-refractivity contribution < 1.29 is 0 Å². The molecule has 0 bridgehead atoms. The van der Waals surface area contributed by atoms with E-state index < -0.39 is 0 Å². The zero-order valence-electron chi connectivity index (χ0n) is 6.65. The van der Waals surface area contributed by atoms with Crippen LogP contribution in [0.4, 0.5) is 0 Å². The molecule has 1 heteroatoms. The lowest BCUT2D eigenvalue weighted by atomic mass is 9.94. The summed E-state index contributed by atoms with van der Waals surface area (Å²) >= 11 is 0. The van der Waals surface area contributed by atoms with E-state index in [1.807, 2.05) is 0 Å². The van der Waals surface area contributed by atoms with Crippen molar-refractivity contribution in [2.45, 2.75) is 33.2 Å². The average Bonchev–Trinajstić information content (AvgIpc) is 2.14. The van der Waals surface area contributed by atoms with Gasteiger partial charge in [-0.05, 0) is 31.7 Å². The highest BCUT2D eigenvalue weighted by atomic mass is 14.9. The molecule has 1 fully saturated rings. The van der Waals surface area contributed by atoms with Crippen LogP contribution in [-0.2, 0) is 0 Å². The van der Waals surface area contributed by atoms with Gasteiger partial charge in [-0.25, -0.2) is 0 Å². The van der Waals surface area contributed by atoms with Crippen LogP contribution in [0.5, 0.6) is 0 Å². The summed E-state index contributed by atoms with van der Waals surface area (Å²) in [5.74, 6) is 1.79. The topological polar surface area (TPSA) is 12.0 Å². The third-order valence-corrected chi connectivity index (χ3v) is 2.33. The summed E-state index contributed by atoms with van der Waals surface area (Å²) in [4.78, 5) is 0. The largest absolute Gasteiger partial charge is 0.314 e. The fourth-order valence-electron chi connectivity index (χ4n) is 1.48. The molecule has 54 valence electrons. The molecule has 1 unspecified atom stereocenters. The van der Waals surface area contributed by atoms with Crippen LogP contribution in [0, 0.1) is 11.8 Å². The van der Waals surface area contributed by atoms with Gasteiger partial charge in [0.1, 0.15) is 0 Å². The Morgan fingerprint density at radius 3 is 2.33 bits per heavy atom. The Labute approximate surface area is 57.8 Å². The monoisotopic (exact) mass is 127 g/mol. The first-order valence-corrected chi connectivity index (χ1v) is 3.93. The molecule has 0 saturated carbocycles. The lowest BCUT2D eigenvalue weighted by molar-refractivity contribution is 0.413. The maximum absolute atomic E-state index is 3.45. The van der Waals surface area contributed by atoms with Crippen molar-refractivity contribution in [1.29, 1.82) is 0 Å². The predicted molar refractivity (Wildman–Crippen MR) is 40.4 cm³/mol. The number of hydrogen-bond donors (Lipinski definition) is 1. The van der Waals surface area contributed by atoms with E-state index in [4.69, 9.17) is 0 Å². The summed E-state index contributed by atoms with van der Waals surface area (Å²) in [5.41, 5.74) is 0. The molecule has 2 atom stereocenters. The normalized spacial score (nSPS) is 36.0. The van der Waals surface area contributed by atoms with E-state index in [2.05, 4.69) is 26.1 Å². The Morgan fingerprint density at radius 1 is 1.44 bits per heavy atom. The van der Waals surface area contributed by atoms with Gasteiger partial charge in [-0.3, -0.25) is 0 Å². The number of hydrogen-bond acceptors (Lipinski definition) is 1. The van der Waals surface area contributed by atoms with Gasteiger partial charge in [0.15, 0.2) is 0 Å². The lowest BCUT2D eigenvalue weighted by Gasteiger charge is -2.11. The second-order valence-corrected chi connectivity index (χ2v) is 3.55. The van der Waals surface area contributed by atoms with Crippen molar-refractivity contribution in [3.8, 4) is 0 Å². The zero-order valence-corrected chi connectivity index (χ0v) is 6.65. The van der Waals surface area contributed by atoms with Gasteiger partial charge in [-0.15, -0.1) is 0 Å². The fraction of sp³-hybridized carbons (Fsp3) is 1.00. The van der Waals surface area contributed by atoms with E-state index in [1.165, 1.54) is 13.0 Å². The first kappa shape index (κ1) is 7.07. The van der Waals surface area contributed by atoms with Gasteiger partial charge in [0.05, 0.1) is 0 Å². The maximum Gasteiger partial charge on any atom is 0.00420 e. The molecule has 1 heterocycles. The summed E-state index contributed by atoms with van der Waals surface area (Å²) in [6, 6.07) is 0.761. The molecule has 1 N–H and O–H groups in total. The fourth-order valence-corrected chi connectivity index (χ4v) is 1.48. The molecular formula is C8H17N. The van der Waals surface area contributed by atoms with Crippen molar-refractivity contribution in [3.05, 3.63) is 0 Å². The van der Waals surface area contributed by atoms with Gasteiger partial charge in [0.2, 0.25) is 0 Å². The molecule has 0 radical (unpaired) electrons. The second kappa shape index (κ2) is 2.70. The quantitative estimate of drug-likeness (QED) is 0.564. The molecule has 0 aromatic rings. The average molecular weight is 127 g/mol. The molecule has 9 heavy (non-hydrogen) atoms. The molecule has 1 aliphatic heterocycles. The molecule has 1 saturated heterocycles. The highest BCUT2D eigenvalue weighted by molar-refractivity contribution is 4.79. The lowest BCUT2D eigenvalue weighted by Crippen LogP contribution is -2.17. The molecule has 1 aliphatic rings. The summed E-state index contributed by atoms with van der Waals surface area (Å²) in [7, 11) is 0. The molecule has 0 aromatic heterocycles. The van der Waals surface area contributed by atoms with Crippen LogP contribution < -0.4 is 5.32 Å².